The number of rotatable bonds is 8. The van der Waals surface area contributed by atoms with E-state index >= 15 is 0 Å². The number of carbonyl (C=O) groups is 2. The molecular formula is C22H24N2O5S. The molecule has 0 unspecified atom stereocenters. The van der Waals surface area contributed by atoms with Gasteiger partial charge in [-0.15, -0.1) is 0 Å². The van der Waals surface area contributed by atoms with Crippen molar-refractivity contribution in [3.8, 4) is 11.5 Å². The summed E-state index contributed by atoms with van der Waals surface area (Å²) in [4.78, 5) is 29.2. The summed E-state index contributed by atoms with van der Waals surface area (Å²) in [5, 5.41) is 0. The first-order valence-electron chi connectivity index (χ1n) is 9.66. The number of benzene rings is 2. The van der Waals surface area contributed by atoms with Gasteiger partial charge in [-0.05, 0) is 43.2 Å². The summed E-state index contributed by atoms with van der Waals surface area (Å²) in [5.74, 6) is 0.331. The molecule has 7 nitrogen and oxygen atoms in total. The summed E-state index contributed by atoms with van der Waals surface area (Å²) >= 11 is 1.36. The van der Waals surface area contributed by atoms with Crippen LogP contribution in [0.3, 0.4) is 0 Å². The van der Waals surface area contributed by atoms with E-state index in [1.54, 1.807) is 42.9 Å². The lowest BCUT2D eigenvalue weighted by Gasteiger charge is -2.06. The van der Waals surface area contributed by atoms with E-state index in [1.165, 1.54) is 16.9 Å². The summed E-state index contributed by atoms with van der Waals surface area (Å²) in [7, 11) is 1.56. The number of ether oxygens (including phenoxy) is 3. The summed E-state index contributed by atoms with van der Waals surface area (Å²) in [6.45, 7) is 3.89. The molecule has 1 aromatic heterocycles. The van der Waals surface area contributed by atoms with Crippen LogP contribution in [0.25, 0.3) is 10.2 Å². The van der Waals surface area contributed by atoms with Crippen LogP contribution in [-0.2, 0) is 27.3 Å². The fourth-order valence-corrected chi connectivity index (χ4v) is 4.00. The second-order valence-electron chi connectivity index (χ2n) is 6.40. The Balaban J connectivity index is 1.88. The Morgan fingerprint density at radius 3 is 2.63 bits per heavy atom. The van der Waals surface area contributed by atoms with Gasteiger partial charge in [-0.1, -0.05) is 30.4 Å². The van der Waals surface area contributed by atoms with Crippen LogP contribution >= 0.6 is 11.3 Å². The van der Waals surface area contributed by atoms with Crippen LogP contribution in [0.4, 0.5) is 0 Å². The summed E-state index contributed by atoms with van der Waals surface area (Å²) < 4.78 is 18.4. The molecule has 30 heavy (non-hydrogen) atoms. The lowest BCUT2D eigenvalue weighted by Crippen LogP contribution is -2.24. The molecule has 0 bridgehead atoms. The van der Waals surface area contributed by atoms with Gasteiger partial charge in [0.25, 0.3) is 5.91 Å². The molecule has 0 aliphatic carbocycles. The van der Waals surface area contributed by atoms with Gasteiger partial charge in [0.15, 0.2) is 11.4 Å². The molecule has 1 heterocycles. The highest BCUT2D eigenvalue weighted by atomic mass is 32.1. The van der Waals surface area contributed by atoms with Crippen molar-refractivity contribution in [2.24, 2.45) is 4.99 Å². The fraction of sp³-hybridized carbons (Fsp3) is 0.318. The highest BCUT2D eigenvalue weighted by molar-refractivity contribution is 7.16. The van der Waals surface area contributed by atoms with E-state index in [0.29, 0.717) is 22.9 Å². The van der Waals surface area contributed by atoms with Crippen LogP contribution in [0, 0.1) is 0 Å². The molecule has 0 N–H and O–H groups in total. The van der Waals surface area contributed by atoms with Crippen molar-refractivity contribution in [2.75, 3.05) is 20.3 Å². The summed E-state index contributed by atoms with van der Waals surface area (Å²) in [6.07, 6.45) is 0.894. The molecule has 1 amide bonds. The number of esters is 1. The predicted octanol–water partition coefficient (Wildman–Crippen LogP) is 3.34. The number of carbonyl (C=O) groups excluding carboxylic acids is 2. The van der Waals surface area contributed by atoms with E-state index in [2.05, 4.69) is 18.0 Å². The first-order valence-corrected chi connectivity index (χ1v) is 10.5. The number of aryl methyl sites for hydroxylation is 1. The first kappa shape index (κ1) is 21.6. The monoisotopic (exact) mass is 428 g/mol. The molecule has 0 radical (unpaired) electrons. The van der Waals surface area contributed by atoms with Crippen LogP contribution in [0.2, 0.25) is 0 Å². The van der Waals surface area contributed by atoms with Crippen molar-refractivity contribution >= 4 is 33.4 Å². The lowest BCUT2D eigenvalue weighted by molar-refractivity contribution is -0.143. The highest BCUT2D eigenvalue weighted by Crippen LogP contribution is 2.20. The normalized spacial score (nSPS) is 11.5. The number of methoxy groups -OCH3 is 1. The van der Waals surface area contributed by atoms with E-state index in [9.17, 15) is 9.59 Å². The summed E-state index contributed by atoms with van der Waals surface area (Å²) in [5.41, 5.74) is 2.01. The second-order valence-corrected chi connectivity index (χ2v) is 7.41. The fourth-order valence-electron chi connectivity index (χ4n) is 2.89. The average molecular weight is 429 g/mol. The number of aromatic nitrogens is 1. The van der Waals surface area contributed by atoms with E-state index in [1.807, 2.05) is 12.1 Å². The van der Waals surface area contributed by atoms with Crippen LogP contribution in [0.15, 0.2) is 47.5 Å². The third-order valence-electron chi connectivity index (χ3n) is 4.37. The zero-order chi connectivity index (χ0) is 21.5. The maximum Gasteiger partial charge on any atom is 0.326 e. The van der Waals surface area contributed by atoms with Gasteiger partial charge in [0.1, 0.15) is 18.0 Å². The van der Waals surface area contributed by atoms with Crippen molar-refractivity contribution < 1.29 is 23.8 Å². The van der Waals surface area contributed by atoms with Gasteiger partial charge in [-0.3, -0.25) is 9.59 Å². The van der Waals surface area contributed by atoms with Gasteiger partial charge in [0, 0.05) is 6.07 Å². The molecule has 0 saturated heterocycles. The lowest BCUT2D eigenvalue weighted by atomic mass is 10.2. The topological polar surface area (TPSA) is 79.1 Å². The van der Waals surface area contributed by atoms with Gasteiger partial charge in [-0.25, -0.2) is 0 Å². The molecule has 158 valence electrons. The van der Waals surface area contributed by atoms with Crippen LogP contribution in [0.1, 0.15) is 19.4 Å². The maximum absolute atomic E-state index is 12.5. The van der Waals surface area contributed by atoms with Crippen molar-refractivity contribution in [3.05, 3.63) is 52.8 Å². The molecular weight excluding hydrogens is 404 g/mol. The van der Waals surface area contributed by atoms with Crippen molar-refractivity contribution in [1.29, 1.82) is 0 Å². The molecule has 0 aliphatic heterocycles. The third kappa shape index (κ3) is 5.27. The van der Waals surface area contributed by atoms with Gasteiger partial charge in [-0.2, -0.15) is 4.99 Å². The molecule has 8 heteroatoms. The minimum Gasteiger partial charge on any atom is -0.497 e. The minimum absolute atomic E-state index is 0.0117. The molecule has 3 aromatic rings. The van der Waals surface area contributed by atoms with E-state index < -0.39 is 5.91 Å². The van der Waals surface area contributed by atoms with E-state index in [-0.39, 0.29) is 19.1 Å². The molecule has 0 saturated carbocycles. The number of hydrogen-bond acceptors (Lipinski definition) is 6. The van der Waals surface area contributed by atoms with Crippen molar-refractivity contribution in [1.82, 2.24) is 4.57 Å². The molecule has 3 rings (SSSR count). The molecule has 0 spiro atoms. The zero-order valence-corrected chi connectivity index (χ0v) is 18.0. The van der Waals surface area contributed by atoms with Gasteiger partial charge in [0.05, 0.1) is 23.9 Å². The molecule has 0 atom stereocenters. The Morgan fingerprint density at radius 2 is 1.90 bits per heavy atom. The van der Waals surface area contributed by atoms with E-state index in [4.69, 9.17) is 14.2 Å². The highest BCUT2D eigenvalue weighted by Gasteiger charge is 2.13. The number of thiazole rings is 1. The molecule has 0 aliphatic rings. The smallest absolute Gasteiger partial charge is 0.326 e. The Morgan fingerprint density at radius 1 is 1.10 bits per heavy atom. The third-order valence-corrected chi connectivity index (χ3v) is 5.41. The number of amides is 1. The quantitative estimate of drug-likeness (QED) is 0.514. The molecule has 0 fully saturated rings. The van der Waals surface area contributed by atoms with Crippen LogP contribution < -0.4 is 14.3 Å². The van der Waals surface area contributed by atoms with E-state index in [0.717, 1.165) is 16.6 Å². The maximum atomic E-state index is 12.5. The standard InChI is InChI=1S/C22H24N2O5S/c1-4-15-9-10-18-19(11-15)30-22(24(18)13-21(26)28-5-2)23-20(25)14-29-17-8-6-7-16(12-17)27-3/h6-12H,4-5,13-14H2,1-3H3. The SMILES string of the molecule is CCOC(=O)Cn1c(=NC(=O)COc2cccc(OC)c2)sc2cc(CC)ccc21. The van der Waals surface area contributed by atoms with Crippen molar-refractivity contribution in [3.63, 3.8) is 0 Å². The van der Waals surface area contributed by atoms with Gasteiger partial charge >= 0.3 is 5.97 Å². The predicted molar refractivity (Wildman–Crippen MR) is 115 cm³/mol. The van der Waals surface area contributed by atoms with Gasteiger partial charge in [0.2, 0.25) is 0 Å². The number of fused-ring (bicyclic) bond motifs is 1. The summed E-state index contributed by atoms with van der Waals surface area (Å²) in [6, 6.07) is 13.0. The van der Waals surface area contributed by atoms with Crippen LogP contribution in [0.5, 0.6) is 11.5 Å². The zero-order valence-electron chi connectivity index (χ0n) is 17.2. The minimum atomic E-state index is -0.447. The van der Waals surface area contributed by atoms with Crippen LogP contribution in [-0.4, -0.2) is 36.8 Å². The number of hydrogen-bond donors (Lipinski definition) is 0. The second kappa shape index (κ2) is 10.1. The van der Waals surface area contributed by atoms with Gasteiger partial charge < -0.3 is 18.8 Å². The number of nitrogens with zero attached hydrogens (tertiary/aromatic N) is 2. The Bertz CT molecular complexity index is 1120. The Kier molecular flexibility index (Phi) is 7.24. The molecule has 2 aromatic carbocycles. The van der Waals surface area contributed by atoms with Crippen molar-refractivity contribution in [2.45, 2.75) is 26.8 Å². The first-order chi connectivity index (χ1) is 14.5. The average Bonchev–Trinajstić information content (AvgIpc) is 3.08. The Hall–Kier alpha value is -3.13. The Labute approximate surface area is 178 Å². The largest absolute Gasteiger partial charge is 0.497 e.